The Morgan fingerprint density at radius 3 is 2.48 bits per heavy atom. The molecule has 0 aliphatic carbocycles. The molecule has 2 heterocycles. The Bertz CT molecular complexity index is 1000. The molecule has 1 aromatic heterocycles. The largest absolute Gasteiger partial charge is 0.353 e. The molecule has 0 unspecified atom stereocenters. The van der Waals surface area contributed by atoms with E-state index < -0.39 is 0 Å². The minimum atomic E-state index is -0.161. The van der Waals surface area contributed by atoms with Crippen LogP contribution in [0.25, 0.3) is 11.3 Å². The van der Waals surface area contributed by atoms with Gasteiger partial charge in [-0.05, 0) is 59.4 Å². The Balaban J connectivity index is 1.48. The van der Waals surface area contributed by atoms with E-state index in [1.165, 1.54) is 0 Å². The second-order valence-electron chi connectivity index (χ2n) is 7.08. The standard InChI is InChI=1S/C22H22BrN5O/c1-27-11-13-28(14-12-27)21-10-9-20(25-26-21)16-5-4-6-17(15-16)24-22(29)18-7-2-3-8-19(18)23/h2-10,15H,11-14H2,1H3,(H,24,29). The van der Waals surface area contributed by atoms with Crippen molar-refractivity contribution in [2.24, 2.45) is 0 Å². The van der Waals surface area contributed by atoms with E-state index in [2.05, 4.69) is 48.3 Å². The molecule has 0 saturated carbocycles. The summed E-state index contributed by atoms with van der Waals surface area (Å²) in [5.41, 5.74) is 3.00. The average molecular weight is 452 g/mol. The lowest BCUT2D eigenvalue weighted by atomic mass is 10.1. The Morgan fingerprint density at radius 2 is 1.76 bits per heavy atom. The van der Waals surface area contributed by atoms with Crippen LogP contribution in [0.1, 0.15) is 10.4 Å². The molecule has 1 fully saturated rings. The van der Waals surface area contributed by atoms with Crippen LogP contribution in [0.3, 0.4) is 0 Å². The van der Waals surface area contributed by atoms with Crippen LogP contribution < -0.4 is 10.2 Å². The molecule has 4 rings (SSSR count). The van der Waals surface area contributed by atoms with E-state index in [0.29, 0.717) is 11.3 Å². The Kier molecular flexibility index (Phi) is 5.87. The molecule has 2 aromatic carbocycles. The van der Waals surface area contributed by atoms with Crippen molar-refractivity contribution < 1.29 is 4.79 Å². The normalized spacial score (nSPS) is 14.6. The van der Waals surface area contributed by atoms with Crippen molar-refractivity contribution in [2.75, 3.05) is 43.4 Å². The minimum absolute atomic E-state index is 0.161. The summed E-state index contributed by atoms with van der Waals surface area (Å²) in [4.78, 5) is 17.1. The molecule has 1 aliphatic rings. The molecule has 0 bridgehead atoms. The summed E-state index contributed by atoms with van der Waals surface area (Å²) in [7, 11) is 2.13. The van der Waals surface area contributed by atoms with Gasteiger partial charge in [0.15, 0.2) is 5.82 Å². The Morgan fingerprint density at radius 1 is 0.966 bits per heavy atom. The summed E-state index contributed by atoms with van der Waals surface area (Å²) in [6.07, 6.45) is 0. The highest BCUT2D eigenvalue weighted by atomic mass is 79.9. The summed E-state index contributed by atoms with van der Waals surface area (Å²) >= 11 is 3.42. The first-order valence-electron chi connectivity index (χ1n) is 9.54. The molecule has 0 atom stereocenters. The summed E-state index contributed by atoms with van der Waals surface area (Å²) in [6, 6.07) is 19.0. The molecule has 0 radical (unpaired) electrons. The zero-order valence-electron chi connectivity index (χ0n) is 16.2. The van der Waals surface area contributed by atoms with Gasteiger partial charge in [-0.3, -0.25) is 4.79 Å². The van der Waals surface area contributed by atoms with Crippen molar-refractivity contribution in [3.63, 3.8) is 0 Å². The molecule has 1 N–H and O–H groups in total. The van der Waals surface area contributed by atoms with Crippen LogP contribution in [0.2, 0.25) is 0 Å². The summed E-state index contributed by atoms with van der Waals surface area (Å²) in [5, 5.41) is 11.8. The van der Waals surface area contributed by atoms with Crippen LogP contribution in [0.15, 0.2) is 65.1 Å². The highest BCUT2D eigenvalue weighted by molar-refractivity contribution is 9.10. The highest BCUT2D eigenvalue weighted by Crippen LogP contribution is 2.23. The molecular weight excluding hydrogens is 430 g/mol. The van der Waals surface area contributed by atoms with Gasteiger partial charge in [0, 0.05) is 41.9 Å². The van der Waals surface area contributed by atoms with Crippen molar-refractivity contribution in [1.29, 1.82) is 0 Å². The van der Waals surface area contributed by atoms with Crippen LogP contribution >= 0.6 is 15.9 Å². The van der Waals surface area contributed by atoms with E-state index in [9.17, 15) is 4.79 Å². The Hall–Kier alpha value is -2.77. The van der Waals surface area contributed by atoms with Gasteiger partial charge in [0.1, 0.15) is 0 Å². The molecule has 148 valence electrons. The number of piperazine rings is 1. The molecule has 7 heteroatoms. The van der Waals surface area contributed by atoms with E-state index in [0.717, 1.165) is 47.7 Å². The zero-order chi connectivity index (χ0) is 20.2. The summed E-state index contributed by atoms with van der Waals surface area (Å²) in [5.74, 6) is 0.742. The lowest BCUT2D eigenvalue weighted by Crippen LogP contribution is -2.44. The molecular formula is C22H22BrN5O. The van der Waals surface area contributed by atoms with Crippen LogP contribution in [0, 0.1) is 0 Å². The number of aromatic nitrogens is 2. The van der Waals surface area contributed by atoms with Crippen LogP contribution in [0.5, 0.6) is 0 Å². The first-order chi connectivity index (χ1) is 14.1. The number of carbonyl (C=O) groups excluding carboxylic acids is 1. The van der Waals surface area contributed by atoms with E-state index >= 15 is 0 Å². The number of carbonyl (C=O) groups is 1. The third-order valence-electron chi connectivity index (χ3n) is 5.01. The number of likely N-dealkylation sites (N-methyl/N-ethyl adjacent to an activating group) is 1. The van der Waals surface area contributed by atoms with Gasteiger partial charge in [-0.25, -0.2) is 0 Å². The molecule has 1 saturated heterocycles. The number of halogens is 1. The summed E-state index contributed by atoms with van der Waals surface area (Å²) in [6.45, 7) is 3.98. The fraction of sp³-hybridized carbons (Fsp3) is 0.227. The first-order valence-corrected chi connectivity index (χ1v) is 10.3. The fourth-order valence-electron chi connectivity index (χ4n) is 3.28. The van der Waals surface area contributed by atoms with Gasteiger partial charge in [0.2, 0.25) is 0 Å². The van der Waals surface area contributed by atoms with E-state index in [4.69, 9.17) is 0 Å². The van der Waals surface area contributed by atoms with Crippen molar-refractivity contribution >= 4 is 33.3 Å². The van der Waals surface area contributed by atoms with Gasteiger partial charge >= 0.3 is 0 Å². The number of nitrogens with one attached hydrogen (secondary N) is 1. The van der Waals surface area contributed by atoms with Crippen molar-refractivity contribution in [1.82, 2.24) is 15.1 Å². The van der Waals surface area contributed by atoms with Gasteiger partial charge in [-0.2, -0.15) is 0 Å². The van der Waals surface area contributed by atoms with Crippen molar-refractivity contribution in [2.45, 2.75) is 0 Å². The van der Waals surface area contributed by atoms with E-state index in [1.54, 1.807) is 6.07 Å². The molecule has 6 nitrogen and oxygen atoms in total. The maximum absolute atomic E-state index is 12.5. The number of hydrogen-bond acceptors (Lipinski definition) is 5. The topological polar surface area (TPSA) is 61.4 Å². The third kappa shape index (κ3) is 4.63. The minimum Gasteiger partial charge on any atom is -0.353 e. The monoisotopic (exact) mass is 451 g/mol. The Labute approximate surface area is 178 Å². The smallest absolute Gasteiger partial charge is 0.256 e. The number of benzene rings is 2. The number of rotatable bonds is 4. The van der Waals surface area contributed by atoms with Crippen LogP contribution in [-0.2, 0) is 0 Å². The fourth-order valence-corrected chi connectivity index (χ4v) is 3.75. The number of amides is 1. The molecule has 3 aromatic rings. The second kappa shape index (κ2) is 8.71. The lowest BCUT2D eigenvalue weighted by Gasteiger charge is -2.32. The van der Waals surface area contributed by atoms with Crippen molar-refractivity contribution in [3.05, 3.63) is 70.7 Å². The predicted molar refractivity (Wildman–Crippen MR) is 119 cm³/mol. The van der Waals surface area contributed by atoms with Gasteiger partial charge in [-0.15, -0.1) is 10.2 Å². The van der Waals surface area contributed by atoms with E-state index in [-0.39, 0.29) is 5.91 Å². The molecule has 1 amide bonds. The summed E-state index contributed by atoms with van der Waals surface area (Å²) < 4.78 is 0.763. The van der Waals surface area contributed by atoms with Gasteiger partial charge in [0.25, 0.3) is 5.91 Å². The average Bonchev–Trinajstić information content (AvgIpc) is 2.75. The highest BCUT2D eigenvalue weighted by Gasteiger charge is 2.16. The molecule has 29 heavy (non-hydrogen) atoms. The number of anilines is 2. The maximum atomic E-state index is 12.5. The van der Waals surface area contributed by atoms with Gasteiger partial charge in [-0.1, -0.05) is 24.3 Å². The SMILES string of the molecule is CN1CCN(c2ccc(-c3cccc(NC(=O)c4ccccc4Br)c3)nn2)CC1. The van der Waals surface area contributed by atoms with Crippen LogP contribution in [0.4, 0.5) is 11.5 Å². The van der Waals surface area contributed by atoms with Crippen molar-refractivity contribution in [3.8, 4) is 11.3 Å². The van der Waals surface area contributed by atoms with Crippen LogP contribution in [-0.4, -0.2) is 54.2 Å². The van der Waals surface area contributed by atoms with Gasteiger partial charge in [0.05, 0.1) is 11.3 Å². The predicted octanol–water partition coefficient (Wildman–Crippen LogP) is 3.91. The third-order valence-corrected chi connectivity index (χ3v) is 5.70. The molecule has 0 spiro atoms. The number of nitrogens with zero attached hydrogens (tertiary/aromatic N) is 4. The van der Waals surface area contributed by atoms with E-state index in [1.807, 2.05) is 54.6 Å². The molecule has 1 aliphatic heterocycles. The zero-order valence-corrected chi connectivity index (χ0v) is 17.8. The second-order valence-corrected chi connectivity index (χ2v) is 7.94. The van der Waals surface area contributed by atoms with Gasteiger partial charge < -0.3 is 15.1 Å². The lowest BCUT2D eigenvalue weighted by molar-refractivity contribution is 0.102. The number of hydrogen-bond donors (Lipinski definition) is 1. The quantitative estimate of drug-likeness (QED) is 0.651. The maximum Gasteiger partial charge on any atom is 0.256 e. The first kappa shape index (κ1) is 19.5.